The molecular formula is C10H8FNO2. The minimum Gasteiger partial charge on any atom is -0.493 e. The van der Waals surface area contributed by atoms with E-state index in [9.17, 15) is 9.18 Å². The molecule has 0 saturated heterocycles. The maximum Gasteiger partial charge on any atom is 0.238 e. The van der Waals surface area contributed by atoms with Crippen molar-refractivity contribution in [3.63, 3.8) is 0 Å². The second-order valence-electron chi connectivity index (χ2n) is 3.02. The first-order valence-electron chi connectivity index (χ1n) is 4.28. The van der Waals surface area contributed by atoms with Gasteiger partial charge in [0.05, 0.1) is 6.61 Å². The molecule has 0 bridgehead atoms. The Balaban J connectivity index is 2.32. The van der Waals surface area contributed by atoms with Gasteiger partial charge in [-0.15, -0.1) is 0 Å². The van der Waals surface area contributed by atoms with Crippen molar-refractivity contribution < 1.29 is 13.9 Å². The molecule has 2 rings (SSSR count). The van der Waals surface area contributed by atoms with Crippen LogP contribution in [-0.2, 0) is 11.2 Å². The Labute approximate surface area is 80.2 Å². The van der Waals surface area contributed by atoms with Gasteiger partial charge in [0.1, 0.15) is 5.75 Å². The van der Waals surface area contributed by atoms with Gasteiger partial charge in [-0.05, 0) is 11.6 Å². The van der Waals surface area contributed by atoms with Gasteiger partial charge in [0.15, 0.2) is 0 Å². The summed E-state index contributed by atoms with van der Waals surface area (Å²) in [7, 11) is 0. The highest BCUT2D eigenvalue weighted by atomic mass is 19.1. The van der Waals surface area contributed by atoms with Crippen LogP contribution in [-0.4, -0.2) is 12.7 Å². The Kier molecular flexibility index (Phi) is 2.29. The number of isocyanates is 1. The number of hydrogen-bond acceptors (Lipinski definition) is 3. The fourth-order valence-corrected chi connectivity index (χ4v) is 1.45. The van der Waals surface area contributed by atoms with E-state index in [1.54, 1.807) is 18.2 Å². The van der Waals surface area contributed by atoms with Crippen LogP contribution in [0.4, 0.5) is 4.39 Å². The molecule has 1 unspecified atom stereocenters. The number of aliphatic imine (C=N–C) groups is 1. The Hall–Kier alpha value is -1.67. The van der Waals surface area contributed by atoms with Crippen molar-refractivity contribution in [2.24, 2.45) is 4.99 Å². The van der Waals surface area contributed by atoms with Gasteiger partial charge in [0, 0.05) is 12.0 Å². The smallest absolute Gasteiger partial charge is 0.238 e. The van der Waals surface area contributed by atoms with Crippen LogP contribution in [0, 0.1) is 0 Å². The molecular weight excluding hydrogens is 185 g/mol. The molecule has 72 valence electrons. The topological polar surface area (TPSA) is 38.7 Å². The molecule has 0 aromatic heterocycles. The first kappa shape index (κ1) is 8.91. The predicted octanol–water partition coefficient (Wildman–Crippen LogP) is 1.93. The molecule has 14 heavy (non-hydrogen) atoms. The lowest BCUT2D eigenvalue weighted by molar-refractivity contribution is 0.345. The molecule has 1 aromatic carbocycles. The fourth-order valence-electron chi connectivity index (χ4n) is 1.45. The fraction of sp³-hybridized carbons (Fsp3) is 0.300. The zero-order valence-electron chi connectivity index (χ0n) is 7.37. The summed E-state index contributed by atoms with van der Waals surface area (Å²) in [6, 6.07) is 4.98. The van der Waals surface area contributed by atoms with Crippen LogP contribution in [0.15, 0.2) is 23.2 Å². The first-order chi connectivity index (χ1) is 6.81. The molecule has 1 aliphatic rings. The van der Waals surface area contributed by atoms with Crippen LogP contribution in [0.3, 0.4) is 0 Å². The lowest BCUT2D eigenvalue weighted by Gasteiger charge is -2.03. The predicted molar refractivity (Wildman–Crippen MR) is 47.6 cm³/mol. The number of rotatable bonds is 2. The van der Waals surface area contributed by atoms with E-state index in [1.165, 1.54) is 6.08 Å². The molecule has 0 fully saturated rings. The van der Waals surface area contributed by atoms with Crippen molar-refractivity contribution in [1.29, 1.82) is 0 Å². The third-order valence-corrected chi connectivity index (χ3v) is 2.16. The summed E-state index contributed by atoms with van der Waals surface area (Å²) in [5.41, 5.74) is 1.39. The van der Waals surface area contributed by atoms with Gasteiger partial charge in [-0.1, -0.05) is 12.1 Å². The van der Waals surface area contributed by atoms with Gasteiger partial charge in [-0.3, -0.25) is 0 Å². The van der Waals surface area contributed by atoms with E-state index < -0.39 is 6.30 Å². The first-order valence-corrected chi connectivity index (χ1v) is 4.28. The Morgan fingerprint density at radius 2 is 2.43 bits per heavy atom. The summed E-state index contributed by atoms with van der Waals surface area (Å²) in [4.78, 5) is 12.9. The second-order valence-corrected chi connectivity index (χ2v) is 3.02. The molecule has 3 nitrogen and oxygen atoms in total. The van der Waals surface area contributed by atoms with E-state index in [0.29, 0.717) is 17.9 Å². The number of nitrogens with zero attached hydrogens (tertiary/aromatic N) is 1. The SMILES string of the molecule is O=C=NC(F)c1ccc2c(c1)OCC2. The van der Waals surface area contributed by atoms with Crippen molar-refractivity contribution in [2.45, 2.75) is 12.7 Å². The van der Waals surface area contributed by atoms with Gasteiger partial charge in [0.25, 0.3) is 0 Å². The zero-order chi connectivity index (χ0) is 9.97. The monoisotopic (exact) mass is 193 g/mol. The van der Waals surface area contributed by atoms with E-state index in [1.807, 2.05) is 0 Å². The summed E-state index contributed by atoms with van der Waals surface area (Å²) >= 11 is 0. The molecule has 4 heteroatoms. The van der Waals surface area contributed by atoms with Crippen molar-refractivity contribution in [1.82, 2.24) is 0 Å². The highest BCUT2D eigenvalue weighted by Gasteiger charge is 2.15. The summed E-state index contributed by atoms with van der Waals surface area (Å²) in [5, 5.41) is 0. The van der Waals surface area contributed by atoms with Crippen LogP contribution >= 0.6 is 0 Å². The van der Waals surface area contributed by atoms with Crippen molar-refractivity contribution >= 4 is 6.08 Å². The molecule has 1 aromatic rings. The molecule has 0 spiro atoms. The largest absolute Gasteiger partial charge is 0.493 e. The normalized spacial score (nSPS) is 15.2. The van der Waals surface area contributed by atoms with Crippen LogP contribution in [0.5, 0.6) is 5.75 Å². The molecule has 1 aliphatic heterocycles. The number of carbonyl (C=O) groups excluding carboxylic acids is 1. The summed E-state index contributed by atoms with van der Waals surface area (Å²) in [6.45, 7) is 0.632. The van der Waals surface area contributed by atoms with E-state index in [-0.39, 0.29) is 0 Å². The van der Waals surface area contributed by atoms with E-state index in [2.05, 4.69) is 4.99 Å². The third kappa shape index (κ3) is 1.52. The maximum absolute atomic E-state index is 13.1. The molecule has 0 N–H and O–H groups in total. The minimum atomic E-state index is -1.64. The van der Waals surface area contributed by atoms with Crippen LogP contribution < -0.4 is 4.74 Å². The molecule has 1 heterocycles. The number of benzene rings is 1. The third-order valence-electron chi connectivity index (χ3n) is 2.16. The van der Waals surface area contributed by atoms with E-state index >= 15 is 0 Å². The number of alkyl halides is 1. The average Bonchev–Trinajstić information content (AvgIpc) is 2.64. The van der Waals surface area contributed by atoms with Crippen LogP contribution in [0.1, 0.15) is 17.4 Å². The molecule has 1 atom stereocenters. The van der Waals surface area contributed by atoms with E-state index in [0.717, 1.165) is 12.0 Å². The molecule has 0 amide bonds. The second kappa shape index (κ2) is 3.60. The Morgan fingerprint density at radius 3 is 3.21 bits per heavy atom. The summed E-state index contributed by atoms with van der Waals surface area (Å²) in [5.74, 6) is 0.686. The van der Waals surface area contributed by atoms with Crippen LogP contribution in [0.2, 0.25) is 0 Å². The Bertz CT molecular complexity index is 399. The van der Waals surface area contributed by atoms with Gasteiger partial charge in [0.2, 0.25) is 12.4 Å². The molecule has 0 radical (unpaired) electrons. The van der Waals surface area contributed by atoms with Crippen LogP contribution in [0.25, 0.3) is 0 Å². The van der Waals surface area contributed by atoms with Gasteiger partial charge in [-0.2, -0.15) is 4.99 Å². The Morgan fingerprint density at radius 1 is 1.57 bits per heavy atom. The average molecular weight is 193 g/mol. The van der Waals surface area contributed by atoms with Gasteiger partial charge >= 0.3 is 0 Å². The highest BCUT2D eigenvalue weighted by Crippen LogP contribution is 2.29. The standard InChI is InChI=1S/C10H8FNO2/c11-10(12-6-13)8-2-1-7-3-4-14-9(7)5-8/h1-2,5,10H,3-4H2. The summed E-state index contributed by atoms with van der Waals surface area (Å²) < 4.78 is 18.4. The zero-order valence-corrected chi connectivity index (χ0v) is 7.37. The van der Waals surface area contributed by atoms with Gasteiger partial charge in [-0.25, -0.2) is 9.18 Å². The quantitative estimate of drug-likeness (QED) is 0.409. The van der Waals surface area contributed by atoms with Crippen molar-refractivity contribution in [3.05, 3.63) is 29.3 Å². The molecule has 0 aliphatic carbocycles. The number of halogens is 1. The molecule has 0 saturated carbocycles. The highest BCUT2D eigenvalue weighted by molar-refractivity contribution is 5.42. The number of hydrogen-bond donors (Lipinski definition) is 0. The van der Waals surface area contributed by atoms with Crippen molar-refractivity contribution in [3.8, 4) is 5.75 Å². The number of ether oxygens (including phenoxy) is 1. The lowest BCUT2D eigenvalue weighted by Crippen LogP contribution is -1.89. The maximum atomic E-state index is 13.1. The number of fused-ring (bicyclic) bond motifs is 1. The minimum absolute atomic E-state index is 0.328. The van der Waals surface area contributed by atoms with Gasteiger partial charge < -0.3 is 4.74 Å². The van der Waals surface area contributed by atoms with E-state index in [4.69, 9.17) is 4.74 Å². The summed E-state index contributed by atoms with van der Waals surface area (Å²) in [6.07, 6.45) is 0.407. The lowest BCUT2D eigenvalue weighted by atomic mass is 10.1. The van der Waals surface area contributed by atoms with Crippen molar-refractivity contribution in [2.75, 3.05) is 6.61 Å².